The van der Waals surface area contributed by atoms with Crippen molar-refractivity contribution in [2.45, 2.75) is 17.3 Å². The van der Waals surface area contributed by atoms with Gasteiger partial charge in [-0.15, -0.1) is 16.4 Å². The van der Waals surface area contributed by atoms with Gasteiger partial charge in [0.05, 0.1) is 10.1 Å². The minimum Gasteiger partial charge on any atom is -0.378 e. The van der Waals surface area contributed by atoms with Gasteiger partial charge < -0.3 is 10.2 Å². The fraction of sp³-hybridized carbons (Fsp3) is 0.235. The van der Waals surface area contributed by atoms with E-state index in [9.17, 15) is 4.79 Å². The van der Waals surface area contributed by atoms with Crippen molar-refractivity contribution in [3.63, 3.8) is 0 Å². The Morgan fingerprint density at radius 2 is 2.04 bits per heavy atom. The first-order chi connectivity index (χ1) is 12.0. The summed E-state index contributed by atoms with van der Waals surface area (Å²) >= 11 is 2.92. The molecule has 25 heavy (non-hydrogen) atoms. The predicted molar refractivity (Wildman–Crippen MR) is 104 cm³/mol. The lowest BCUT2D eigenvalue weighted by Crippen LogP contribution is -2.22. The number of anilines is 2. The number of aromatic amines is 1. The second kappa shape index (κ2) is 7.71. The van der Waals surface area contributed by atoms with E-state index >= 15 is 0 Å². The molecular weight excluding hydrogens is 354 g/mol. The van der Waals surface area contributed by atoms with Crippen LogP contribution in [0.25, 0.3) is 10.7 Å². The highest BCUT2D eigenvalue weighted by Gasteiger charge is 2.18. The molecule has 0 saturated heterocycles. The van der Waals surface area contributed by atoms with Gasteiger partial charge in [-0.3, -0.25) is 9.89 Å². The van der Waals surface area contributed by atoms with Crippen molar-refractivity contribution in [2.24, 2.45) is 0 Å². The molecule has 3 rings (SSSR count). The summed E-state index contributed by atoms with van der Waals surface area (Å²) in [5.74, 6) is 0.648. The summed E-state index contributed by atoms with van der Waals surface area (Å²) in [6, 6.07) is 11.7. The number of carbonyl (C=O) groups excluding carboxylic acids is 1. The number of benzene rings is 1. The molecule has 130 valence electrons. The number of amides is 1. The molecule has 0 aliphatic heterocycles. The molecule has 3 aromatic rings. The molecule has 0 aliphatic rings. The van der Waals surface area contributed by atoms with E-state index in [1.165, 1.54) is 11.8 Å². The third-order valence-electron chi connectivity index (χ3n) is 3.52. The molecule has 1 unspecified atom stereocenters. The molecule has 0 saturated carbocycles. The molecule has 1 aromatic carbocycles. The van der Waals surface area contributed by atoms with E-state index in [1.807, 2.05) is 67.7 Å². The summed E-state index contributed by atoms with van der Waals surface area (Å²) in [6.45, 7) is 1.84. The Kier molecular flexibility index (Phi) is 5.40. The minimum absolute atomic E-state index is 0.0786. The maximum absolute atomic E-state index is 12.4. The minimum atomic E-state index is -0.305. The van der Waals surface area contributed by atoms with Crippen molar-refractivity contribution < 1.29 is 4.79 Å². The van der Waals surface area contributed by atoms with Crippen molar-refractivity contribution >= 4 is 40.4 Å². The van der Waals surface area contributed by atoms with E-state index in [2.05, 4.69) is 20.5 Å². The average Bonchev–Trinajstić information content (AvgIpc) is 3.26. The molecule has 8 heteroatoms. The summed E-state index contributed by atoms with van der Waals surface area (Å²) in [6.07, 6.45) is 0. The molecule has 6 nitrogen and oxygen atoms in total. The first kappa shape index (κ1) is 17.5. The summed E-state index contributed by atoms with van der Waals surface area (Å²) in [5, 5.41) is 12.3. The number of nitrogens with one attached hydrogen (secondary N) is 2. The van der Waals surface area contributed by atoms with Crippen molar-refractivity contribution in [3.8, 4) is 10.7 Å². The monoisotopic (exact) mass is 373 g/mol. The number of hydrogen-bond acceptors (Lipinski definition) is 6. The Hall–Kier alpha value is -2.32. The average molecular weight is 374 g/mol. The van der Waals surface area contributed by atoms with E-state index in [-0.39, 0.29) is 11.2 Å². The predicted octanol–water partition coefficient (Wildman–Crippen LogP) is 3.72. The quantitative estimate of drug-likeness (QED) is 0.644. The number of nitrogens with zero attached hydrogens (tertiary/aromatic N) is 3. The van der Waals surface area contributed by atoms with Gasteiger partial charge in [-0.1, -0.05) is 17.8 Å². The lowest BCUT2D eigenvalue weighted by Gasteiger charge is -2.14. The lowest BCUT2D eigenvalue weighted by atomic mass is 10.2. The molecule has 0 aliphatic carbocycles. The molecule has 1 amide bonds. The lowest BCUT2D eigenvalue weighted by molar-refractivity contribution is -0.115. The third kappa shape index (κ3) is 4.40. The number of rotatable bonds is 6. The second-order valence-electron chi connectivity index (χ2n) is 5.63. The van der Waals surface area contributed by atoms with Crippen molar-refractivity contribution in [2.75, 3.05) is 24.3 Å². The number of thiophene rings is 1. The molecule has 0 radical (unpaired) electrons. The first-order valence-corrected chi connectivity index (χ1v) is 9.50. The Morgan fingerprint density at radius 1 is 1.28 bits per heavy atom. The third-order valence-corrected chi connectivity index (χ3v) is 5.36. The topological polar surface area (TPSA) is 73.9 Å². The molecule has 2 N–H and O–H groups in total. The van der Waals surface area contributed by atoms with Crippen LogP contribution in [0.3, 0.4) is 0 Å². The Balaban J connectivity index is 1.59. The standard InChI is InChI=1S/C17H19N5OS2/c1-11(16(23)18-12-6-8-13(9-7-12)22(2)3)25-17-19-15(20-21-17)14-5-4-10-24-14/h4-11H,1-3H3,(H,18,23)(H,19,20,21). The number of aromatic nitrogens is 3. The molecular formula is C17H19N5OS2. The molecule has 2 heterocycles. The largest absolute Gasteiger partial charge is 0.378 e. The summed E-state index contributed by atoms with van der Waals surface area (Å²) in [7, 11) is 3.96. The molecule has 0 spiro atoms. The van der Waals surface area contributed by atoms with E-state index in [1.54, 1.807) is 11.3 Å². The normalized spacial score (nSPS) is 12.0. The maximum atomic E-state index is 12.4. The number of H-pyrrole nitrogens is 1. The zero-order chi connectivity index (χ0) is 17.8. The van der Waals surface area contributed by atoms with Crippen molar-refractivity contribution in [1.82, 2.24) is 15.2 Å². The smallest absolute Gasteiger partial charge is 0.237 e. The van der Waals surface area contributed by atoms with Crippen molar-refractivity contribution in [3.05, 3.63) is 41.8 Å². The fourth-order valence-electron chi connectivity index (χ4n) is 2.12. The molecule has 0 fully saturated rings. The number of thioether (sulfide) groups is 1. The van der Waals surface area contributed by atoms with Gasteiger partial charge in [0.15, 0.2) is 5.82 Å². The van der Waals surface area contributed by atoms with Crippen LogP contribution in [0.15, 0.2) is 46.9 Å². The molecule has 0 bridgehead atoms. The van der Waals surface area contributed by atoms with Crippen LogP contribution >= 0.6 is 23.1 Å². The van der Waals surface area contributed by atoms with Gasteiger partial charge in [-0.2, -0.15) is 0 Å². The van der Waals surface area contributed by atoms with E-state index < -0.39 is 0 Å². The van der Waals surface area contributed by atoms with Crippen LogP contribution in [0.2, 0.25) is 0 Å². The SMILES string of the molecule is CC(Sc1n[nH]c(-c2cccs2)n1)C(=O)Nc1ccc(N(C)C)cc1. The molecule has 2 aromatic heterocycles. The van der Waals surface area contributed by atoms with Gasteiger partial charge in [0.25, 0.3) is 0 Å². The van der Waals surface area contributed by atoms with Crippen LogP contribution < -0.4 is 10.2 Å². The van der Waals surface area contributed by atoms with Crippen molar-refractivity contribution in [1.29, 1.82) is 0 Å². The van der Waals surface area contributed by atoms with Gasteiger partial charge in [0.2, 0.25) is 11.1 Å². The first-order valence-electron chi connectivity index (χ1n) is 7.74. The maximum Gasteiger partial charge on any atom is 0.237 e. The van der Waals surface area contributed by atoms with Gasteiger partial charge in [0.1, 0.15) is 0 Å². The van der Waals surface area contributed by atoms with Crippen LogP contribution in [-0.4, -0.2) is 40.4 Å². The van der Waals surface area contributed by atoms with Crippen LogP contribution in [0.5, 0.6) is 0 Å². The Morgan fingerprint density at radius 3 is 2.68 bits per heavy atom. The van der Waals surface area contributed by atoms with E-state index in [0.717, 1.165) is 22.1 Å². The highest BCUT2D eigenvalue weighted by molar-refractivity contribution is 8.00. The Labute approximate surface area is 154 Å². The fourth-order valence-corrected chi connectivity index (χ4v) is 3.51. The second-order valence-corrected chi connectivity index (χ2v) is 7.89. The Bertz CT molecular complexity index is 827. The van der Waals surface area contributed by atoms with Gasteiger partial charge in [-0.05, 0) is 42.6 Å². The van der Waals surface area contributed by atoms with Gasteiger partial charge in [-0.25, -0.2) is 4.98 Å². The number of hydrogen-bond donors (Lipinski definition) is 2. The number of carbonyl (C=O) groups is 1. The molecule has 1 atom stereocenters. The van der Waals surface area contributed by atoms with Crippen LogP contribution in [0, 0.1) is 0 Å². The van der Waals surface area contributed by atoms with Crippen LogP contribution in [0.1, 0.15) is 6.92 Å². The van der Waals surface area contributed by atoms with E-state index in [0.29, 0.717) is 5.16 Å². The zero-order valence-electron chi connectivity index (χ0n) is 14.2. The summed E-state index contributed by atoms with van der Waals surface area (Å²) < 4.78 is 0. The van der Waals surface area contributed by atoms with Gasteiger partial charge >= 0.3 is 0 Å². The van der Waals surface area contributed by atoms with E-state index in [4.69, 9.17) is 0 Å². The summed E-state index contributed by atoms with van der Waals surface area (Å²) in [5.41, 5.74) is 1.86. The van der Waals surface area contributed by atoms with Gasteiger partial charge in [0, 0.05) is 25.5 Å². The highest BCUT2D eigenvalue weighted by Crippen LogP contribution is 2.26. The highest BCUT2D eigenvalue weighted by atomic mass is 32.2. The zero-order valence-corrected chi connectivity index (χ0v) is 15.8. The van der Waals surface area contributed by atoms with Crippen LogP contribution in [0.4, 0.5) is 11.4 Å². The van der Waals surface area contributed by atoms with Crippen LogP contribution in [-0.2, 0) is 4.79 Å². The summed E-state index contributed by atoms with van der Waals surface area (Å²) in [4.78, 5) is 19.8.